The zero-order valence-electron chi connectivity index (χ0n) is 14.2. The van der Waals surface area contributed by atoms with E-state index in [4.69, 9.17) is 4.74 Å². The fraction of sp³-hybridized carbons (Fsp3) is 0.143. The van der Waals surface area contributed by atoms with Crippen molar-refractivity contribution < 1.29 is 18.7 Å². The Labute approximate surface area is 150 Å². The average Bonchev–Trinajstić information content (AvgIpc) is 2.66. The highest BCUT2D eigenvalue weighted by molar-refractivity contribution is 5.91. The van der Waals surface area contributed by atoms with E-state index in [0.29, 0.717) is 0 Å². The molecule has 0 radical (unpaired) electrons. The van der Waals surface area contributed by atoms with Crippen molar-refractivity contribution in [2.24, 2.45) is 0 Å². The molecule has 5 heteroatoms. The van der Waals surface area contributed by atoms with Gasteiger partial charge in [-0.25, -0.2) is 9.18 Å². The number of hydrogen-bond acceptors (Lipinski definition) is 3. The third kappa shape index (κ3) is 4.06. The Kier molecular flexibility index (Phi) is 5.27. The normalized spacial score (nSPS) is 11.8. The van der Waals surface area contributed by atoms with Gasteiger partial charge in [-0.3, -0.25) is 4.79 Å². The molecule has 26 heavy (non-hydrogen) atoms. The minimum absolute atomic E-state index is 0.196. The molecule has 0 bridgehead atoms. The van der Waals surface area contributed by atoms with Gasteiger partial charge in [0.2, 0.25) is 0 Å². The number of rotatable bonds is 5. The molecule has 0 saturated heterocycles. The van der Waals surface area contributed by atoms with Crippen LogP contribution in [0.3, 0.4) is 0 Å². The molecule has 0 aliphatic rings. The average molecular weight is 351 g/mol. The molecule has 132 valence electrons. The Morgan fingerprint density at radius 2 is 1.69 bits per heavy atom. The highest BCUT2D eigenvalue weighted by atomic mass is 19.1. The lowest BCUT2D eigenvalue weighted by Gasteiger charge is -2.16. The standard InChI is InChI=1S/C21H18FNO3/c1-14(18-8-4-6-15-5-2-3-7-19(15)18)23-20(24)13-26-21(25)16-9-11-17(22)12-10-16/h2-12,14H,13H2,1H3,(H,23,24)/t14-/m0/s1. The second-order valence-electron chi connectivity index (χ2n) is 5.94. The molecule has 4 nitrogen and oxygen atoms in total. The maximum Gasteiger partial charge on any atom is 0.338 e. The van der Waals surface area contributed by atoms with Crippen molar-refractivity contribution >= 4 is 22.6 Å². The molecule has 0 unspecified atom stereocenters. The van der Waals surface area contributed by atoms with Crippen LogP contribution in [0.2, 0.25) is 0 Å². The summed E-state index contributed by atoms with van der Waals surface area (Å²) in [6.45, 7) is 1.48. The molecular weight excluding hydrogens is 333 g/mol. The fourth-order valence-electron chi connectivity index (χ4n) is 2.79. The molecule has 1 amide bonds. The second kappa shape index (κ2) is 7.78. The number of nitrogens with one attached hydrogen (secondary N) is 1. The van der Waals surface area contributed by atoms with Gasteiger partial charge in [-0.15, -0.1) is 0 Å². The van der Waals surface area contributed by atoms with Gasteiger partial charge in [0, 0.05) is 0 Å². The summed E-state index contributed by atoms with van der Waals surface area (Å²) in [5, 5.41) is 4.98. The molecule has 1 atom stereocenters. The lowest BCUT2D eigenvalue weighted by Crippen LogP contribution is -2.31. The van der Waals surface area contributed by atoms with Crippen LogP contribution in [0.25, 0.3) is 10.8 Å². The van der Waals surface area contributed by atoms with Gasteiger partial charge in [0.15, 0.2) is 6.61 Å². The largest absolute Gasteiger partial charge is 0.452 e. The topological polar surface area (TPSA) is 55.4 Å². The van der Waals surface area contributed by atoms with Crippen molar-refractivity contribution in [3.05, 3.63) is 83.7 Å². The predicted molar refractivity (Wildman–Crippen MR) is 97.2 cm³/mol. The van der Waals surface area contributed by atoms with Crippen LogP contribution in [-0.2, 0) is 9.53 Å². The van der Waals surface area contributed by atoms with E-state index in [1.54, 1.807) is 0 Å². The number of benzene rings is 3. The number of carbonyl (C=O) groups is 2. The van der Waals surface area contributed by atoms with Crippen molar-refractivity contribution in [2.75, 3.05) is 6.61 Å². The zero-order chi connectivity index (χ0) is 18.5. The fourth-order valence-corrected chi connectivity index (χ4v) is 2.79. The molecule has 0 aliphatic carbocycles. The Bertz CT molecular complexity index is 932. The first-order chi connectivity index (χ1) is 12.5. The number of esters is 1. The minimum atomic E-state index is -0.669. The maximum absolute atomic E-state index is 12.9. The molecule has 0 heterocycles. The summed E-state index contributed by atoms with van der Waals surface area (Å²) in [4.78, 5) is 24.0. The number of carbonyl (C=O) groups excluding carboxylic acids is 2. The van der Waals surface area contributed by atoms with Crippen molar-refractivity contribution in [1.29, 1.82) is 0 Å². The lowest BCUT2D eigenvalue weighted by molar-refractivity contribution is -0.124. The van der Waals surface area contributed by atoms with Crippen LogP contribution in [0.1, 0.15) is 28.9 Å². The molecule has 1 N–H and O–H groups in total. The molecule has 0 aromatic heterocycles. The van der Waals surface area contributed by atoms with Crippen LogP contribution in [0.4, 0.5) is 4.39 Å². The quantitative estimate of drug-likeness (QED) is 0.707. The highest BCUT2D eigenvalue weighted by Crippen LogP contribution is 2.23. The van der Waals surface area contributed by atoms with Crippen LogP contribution in [0, 0.1) is 5.82 Å². The summed E-state index contributed by atoms with van der Waals surface area (Å²) in [6, 6.07) is 18.6. The smallest absolute Gasteiger partial charge is 0.338 e. The molecule has 3 rings (SSSR count). The van der Waals surface area contributed by atoms with Gasteiger partial charge in [-0.05, 0) is 47.5 Å². The number of ether oxygens (including phenoxy) is 1. The number of fused-ring (bicyclic) bond motifs is 1. The van der Waals surface area contributed by atoms with Gasteiger partial charge in [-0.1, -0.05) is 42.5 Å². The van der Waals surface area contributed by atoms with Crippen LogP contribution < -0.4 is 5.32 Å². The van der Waals surface area contributed by atoms with E-state index >= 15 is 0 Å². The van der Waals surface area contributed by atoms with E-state index in [1.165, 1.54) is 24.3 Å². The van der Waals surface area contributed by atoms with Crippen LogP contribution in [0.5, 0.6) is 0 Å². The van der Waals surface area contributed by atoms with Gasteiger partial charge in [0.25, 0.3) is 5.91 Å². The van der Waals surface area contributed by atoms with E-state index in [1.807, 2.05) is 49.4 Å². The second-order valence-corrected chi connectivity index (χ2v) is 5.94. The van der Waals surface area contributed by atoms with Crippen LogP contribution in [0.15, 0.2) is 66.7 Å². The zero-order valence-corrected chi connectivity index (χ0v) is 14.2. The van der Waals surface area contributed by atoms with Crippen LogP contribution in [-0.4, -0.2) is 18.5 Å². The Morgan fingerprint density at radius 3 is 2.46 bits per heavy atom. The molecular formula is C21H18FNO3. The summed E-state index contributed by atoms with van der Waals surface area (Å²) < 4.78 is 17.8. The first kappa shape index (κ1) is 17.6. The predicted octanol–water partition coefficient (Wildman–Crippen LogP) is 4.01. The Balaban J connectivity index is 1.60. The monoisotopic (exact) mass is 351 g/mol. The first-order valence-corrected chi connectivity index (χ1v) is 8.24. The van der Waals surface area contributed by atoms with Crippen molar-refractivity contribution in [3.63, 3.8) is 0 Å². The van der Waals surface area contributed by atoms with Crippen molar-refractivity contribution in [2.45, 2.75) is 13.0 Å². The van der Waals surface area contributed by atoms with Gasteiger partial charge < -0.3 is 10.1 Å². The summed E-state index contributed by atoms with van der Waals surface area (Å²) in [5.74, 6) is -1.51. The number of amides is 1. The molecule has 0 spiro atoms. The summed E-state index contributed by atoms with van der Waals surface area (Å²) in [7, 11) is 0. The van der Waals surface area contributed by atoms with E-state index in [2.05, 4.69) is 5.32 Å². The maximum atomic E-state index is 12.9. The third-order valence-corrected chi connectivity index (χ3v) is 4.08. The van der Waals surface area contributed by atoms with E-state index in [0.717, 1.165) is 16.3 Å². The van der Waals surface area contributed by atoms with Gasteiger partial charge in [0.05, 0.1) is 11.6 Å². The van der Waals surface area contributed by atoms with Crippen LogP contribution >= 0.6 is 0 Å². The van der Waals surface area contributed by atoms with E-state index in [9.17, 15) is 14.0 Å². The summed E-state index contributed by atoms with van der Waals surface area (Å²) in [6.07, 6.45) is 0. The minimum Gasteiger partial charge on any atom is -0.452 e. The number of halogens is 1. The van der Waals surface area contributed by atoms with Gasteiger partial charge in [-0.2, -0.15) is 0 Å². The Morgan fingerprint density at radius 1 is 1.00 bits per heavy atom. The SMILES string of the molecule is C[C@H](NC(=O)COC(=O)c1ccc(F)cc1)c1cccc2ccccc12. The highest BCUT2D eigenvalue weighted by Gasteiger charge is 2.14. The lowest BCUT2D eigenvalue weighted by atomic mass is 10.00. The molecule has 0 fully saturated rings. The Hall–Kier alpha value is -3.21. The molecule has 3 aromatic rings. The van der Waals surface area contributed by atoms with Gasteiger partial charge in [0.1, 0.15) is 5.82 Å². The van der Waals surface area contributed by atoms with Crippen molar-refractivity contribution in [3.8, 4) is 0 Å². The molecule has 0 saturated carbocycles. The first-order valence-electron chi connectivity index (χ1n) is 8.24. The van der Waals surface area contributed by atoms with Gasteiger partial charge >= 0.3 is 5.97 Å². The summed E-state index contributed by atoms with van der Waals surface area (Å²) >= 11 is 0. The van der Waals surface area contributed by atoms with Crippen molar-refractivity contribution in [1.82, 2.24) is 5.32 Å². The van der Waals surface area contributed by atoms with E-state index in [-0.39, 0.29) is 11.6 Å². The third-order valence-electron chi connectivity index (χ3n) is 4.08. The van der Waals surface area contributed by atoms with E-state index < -0.39 is 24.3 Å². The molecule has 3 aromatic carbocycles. The molecule has 0 aliphatic heterocycles. The summed E-state index contributed by atoms with van der Waals surface area (Å²) in [5.41, 5.74) is 1.18. The number of hydrogen-bond donors (Lipinski definition) is 1.